The van der Waals surface area contributed by atoms with E-state index in [0.717, 1.165) is 10.2 Å². The highest BCUT2D eigenvalue weighted by Gasteiger charge is 1.99. The number of thiophene rings is 1. The summed E-state index contributed by atoms with van der Waals surface area (Å²) in [6.07, 6.45) is 1.79. The minimum atomic E-state index is 0.485. The van der Waals surface area contributed by atoms with E-state index in [4.69, 9.17) is 11.6 Å². The second-order valence-electron chi connectivity index (χ2n) is 2.75. The van der Waals surface area contributed by atoms with E-state index in [2.05, 4.69) is 21.9 Å². The van der Waals surface area contributed by atoms with Crippen LogP contribution in [0.25, 0.3) is 10.2 Å². The second-order valence-corrected chi connectivity index (χ2v) is 4.17. The maximum atomic E-state index is 5.61. The lowest BCUT2D eigenvalue weighted by Crippen LogP contribution is -2.04. The van der Waals surface area contributed by atoms with Crippen LogP contribution in [-0.4, -0.2) is 16.5 Å². The second kappa shape index (κ2) is 3.94. The zero-order chi connectivity index (χ0) is 9.97. The van der Waals surface area contributed by atoms with E-state index in [9.17, 15) is 0 Å². The predicted octanol–water partition coefficient (Wildman–Crippen LogP) is 2.86. The molecule has 2 aromatic rings. The summed E-state index contributed by atoms with van der Waals surface area (Å²) in [5.41, 5.74) is 0. The van der Waals surface area contributed by atoms with Gasteiger partial charge in [0.15, 0.2) is 0 Å². The molecule has 0 saturated carbocycles. The Morgan fingerprint density at radius 3 is 3.29 bits per heavy atom. The van der Waals surface area contributed by atoms with Gasteiger partial charge in [0.05, 0.1) is 6.54 Å². The molecule has 0 saturated heterocycles. The highest BCUT2D eigenvalue weighted by Crippen LogP contribution is 2.18. The molecule has 0 atom stereocenters. The van der Waals surface area contributed by atoms with Crippen LogP contribution in [0.5, 0.6) is 0 Å². The minimum Gasteiger partial charge on any atom is -0.349 e. The zero-order valence-electron chi connectivity index (χ0n) is 7.33. The van der Waals surface area contributed by atoms with Gasteiger partial charge >= 0.3 is 0 Å². The van der Waals surface area contributed by atoms with E-state index in [1.165, 1.54) is 0 Å². The molecule has 0 unspecified atom stereocenters. The third-order valence-electron chi connectivity index (χ3n) is 1.65. The van der Waals surface area contributed by atoms with Crippen LogP contribution in [0.4, 0.5) is 5.95 Å². The molecular formula is C9H8ClN3S. The van der Waals surface area contributed by atoms with Gasteiger partial charge in [0, 0.05) is 16.6 Å². The standard InChI is InChI=1S/C9H8ClN3S/c1-6(10)4-11-9-12-5-7-2-3-14-8(7)13-9/h2-3,5H,1,4H2,(H,11,12,13). The lowest BCUT2D eigenvalue weighted by atomic mass is 10.4. The fourth-order valence-electron chi connectivity index (χ4n) is 1.02. The predicted molar refractivity (Wildman–Crippen MR) is 60.9 cm³/mol. The van der Waals surface area contributed by atoms with Gasteiger partial charge in [-0.1, -0.05) is 18.2 Å². The monoisotopic (exact) mass is 225 g/mol. The molecule has 0 aliphatic carbocycles. The first-order valence-corrected chi connectivity index (χ1v) is 5.29. The number of hydrogen-bond donors (Lipinski definition) is 1. The van der Waals surface area contributed by atoms with Crippen molar-refractivity contribution in [3.63, 3.8) is 0 Å². The van der Waals surface area contributed by atoms with Gasteiger partial charge < -0.3 is 5.32 Å². The fourth-order valence-corrected chi connectivity index (χ4v) is 1.82. The van der Waals surface area contributed by atoms with Gasteiger partial charge in [-0.3, -0.25) is 0 Å². The van der Waals surface area contributed by atoms with Gasteiger partial charge in [0.2, 0.25) is 5.95 Å². The summed E-state index contributed by atoms with van der Waals surface area (Å²) in [5, 5.41) is 6.57. The molecule has 0 spiro atoms. The number of hydrogen-bond acceptors (Lipinski definition) is 4. The molecule has 5 heteroatoms. The number of aromatic nitrogens is 2. The molecule has 0 fully saturated rings. The summed E-state index contributed by atoms with van der Waals surface area (Å²) in [7, 11) is 0. The molecule has 72 valence electrons. The van der Waals surface area contributed by atoms with Crippen molar-refractivity contribution in [3.8, 4) is 0 Å². The molecule has 2 rings (SSSR count). The van der Waals surface area contributed by atoms with Gasteiger partial charge in [-0.15, -0.1) is 11.3 Å². The quantitative estimate of drug-likeness (QED) is 0.873. The van der Waals surface area contributed by atoms with Crippen molar-refractivity contribution in [2.45, 2.75) is 0 Å². The Kier molecular flexibility index (Phi) is 2.65. The molecule has 2 heterocycles. The van der Waals surface area contributed by atoms with Gasteiger partial charge in [-0.2, -0.15) is 0 Å². The smallest absolute Gasteiger partial charge is 0.224 e. The first-order chi connectivity index (χ1) is 6.75. The average molecular weight is 226 g/mol. The van der Waals surface area contributed by atoms with Crippen LogP contribution >= 0.6 is 22.9 Å². The molecule has 2 aromatic heterocycles. The lowest BCUT2D eigenvalue weighted by Gasteiger charge is -2.01. The first-order valence-electron chi connectivity index (χ1n) is 4.03. The van der Waals surface area contributed by atoms with Crippen LogP contribution in [0.15, 0.2) is 29.3 Å². The minimum absolute atomic E-state index is 0.485. The first kappa shape index (κ1) is 9.43. The molecule has 0 radical (unpaired) electrons. The van der Waals surface area contributed by atoms with Crippen LogP contribution in [0.1, 0.15) is 0 Å². The lowest BCUT2D eigenvalue weighted by molar-refractivity contribution is 1.15. The fraction of sp³-hybridized carbons (Fsp3) is 0.111. The van der Waals surface area contributed by atoms with Crippen LogP contribution in [0, 0.1) is 0 Å². The van der Waals surface area contributed by atoms with E-state index >= 15 is 0 Å². The van der Waals surface area contributed by atoms with Crippen LogP contribution in [0.3, 0.4) is 0 Å². The van der Waals surface area contributed by atoms with Gasteiger partial charge in [-0.25, -0.2) is 9.97 Å². The summed E-state index contributed by atoms with van der Waals surface area (Å²) in [6, 6.07) is 1.99. The van der Waals surface area contributed by atoms with Gasteiger partial charge in [0.1, 0.15) is 4.83 Å². The topological polar surface area (TPSA) is 37.8 Å². The maximum absolute atomic E-state index is 5.61. The highest BCUT2D eigenvalue weighted by molar-refractivity contribution is 7.16. The van der Waals surface area contributed by atoms with E-state index < -0.39 is 0 Å². The third-order valence-corrected chi connectivity index (χ3v) is 2.60. The summed E-state index contributed by atoms with van der Waals surface area (Å²) in [5.74, 6) is 0.585. The molecule has 3 nitrogen and oxygen atoms in total. The van der Waals surface area contributed by atoms with Gasteiger partial charge in [0.25, 0.3) is 0 Å². The Hall–Kier alpha value is -1.13. The number of halogens is 1. The number of nitrogens with zero attached hydrogens (tertiary/aromatic N) is 2. The summed E-state index contributed by atoms with van der Waals surface area (Å²) in [6.45, 7) is 4.06. The number of anilines is 1. The molecule has 0 aliphatic rings. The van der Waals surface area contributed by atoms with Gasteiger partial charge in [-0.05, 0) is 11.4 Å². The number of rotatable bonds is 3. The Morgan fingerprint density at radius 1 is 1.64 bits per heavy atom. The molecule has 0 amide bonds. The third kappa shape index (κ3) is 2.02. The molecule has 1 N–H and O–H groups in total. The Bertz CT molecular complexity index is 466. The van der Waals surface area contributed by atoms with Crippen molar-refractivity contribution in [1.82, 2.24) is 9.97 Å². The normalized spacial score (nSPS) is 10.4. The molecule has 0 aromatic carbocycles. The van der Waals surface area contributed by atoms with Crippen molar-refractivity contribution in [2.24, 2.45) is 0 Å². The maximum Gasteiger partial charge on any atom is 0.224 e. The van der Waals surface area contributed by atoms with Crippen molar-refractivity contribution in [2.75, 3.05) is 11.9 Å². The zero-order valence-corrected chi connectivity index (χ0v) is 8.90. The van der Waals surface area contributed by atoms with E-state index in [0.29, 0.717) is 17.5 Å². The SMILES string of the molecule is C=C(Cl)CNc1ncc2ccsc2n1. The van der Waals surface area contributed by atoms with E-state index in [-0.39, 0.29) is 0 Å². The Morgan fingerprint density at radius 2 is 2.50 bits per heavy atom. The summed E-state index contributed by atoms with van der Waals surface area (Å²) in [4.78, 5) is 9.41. The highest BCUT2D eigenvalue weighted by atomic mass is 35.5. The molecular weight excluding hydrogens is 218 g/mol. The van der Waals surface area contributed by atoms with Crippen LogP contribution < -0.4 is 5.32 Å². The molecule has 14 heavy (non-hydrogen) atoms. The number of nitrogens with one attached hydrogen (secondary N) is 1. The van der Waals surface area contributed by atoms with Crippen molar-refractivity contribution >= 4 is 39.1 Å². The van der Waals surface area contributed by atoms with Crippen molar-refractivity contribution in [3.05, 3.63) is 29.3 Å². The summed E-state index contributed by atoms with van der Waals surface area (Å²) >= 11 is 7.20. The summed E-state index contributed by atoms with van der Waals surface area (Å²) < 4.78 is 0. The Balaban J connectivity index is 2.21. The molecule has 0 bridgehead atoms. The largest absolute Gasteiger partial charge is 0.349 e. The van der Waals surface area contributed by atoms with Crippen LogP contribution in [0.2, 0.25) is 0 Å². The Labute approximate surface area is 90.5 Å². The van der Waals surface area contributed by atoms with Crippen molar-refractivity contribution < 1.29 is 0 Å². The average Bonchev–Trinajstić information content (AvgIpc) is 2.61. The van der Waals surface area contributed by atoms with E-state index in [1.807, 2.05) is 11.4 Å². The van der Waals surface area contributed by atoms with Crippen LogP contribution in [-0.2, 0) is 0 Å². The molecule has 0 aliphatic heterocycles. The van der Waals surface area contributed by atoms with E-state index in [1.54, 1.807) is 17.5 Å². The van der Waals surface area contributed by atoms with Crippen molar-refractivity contribution in [1.29, 1.82) is 0 Å². The number of fused-ring (bicyclic) bond motifs is 1.